The molecule has 0 aliphatic heterocycles. The molecular formula is C14H17ClFN3. The second kappa shape index (κ2) is 5.61. The molecule has 1 unspecified atom stereocenters. The Morgan fingerprint density at radius 3 is 2.84 bits per heavy atom. The summed E-state index contributed by atoms with van der Waals surface area (Å²) in [6, 6.07) is 4.81. The van der Waals surface area contributed by atoms with Crippen LogP contribution < -0.4 is 5.32 Å². The number of rotatable bonds is 4. The van der Waals surface area contributed by atoms with Crippen molar-refractivity contribution in [3.05, 3.63) is 46.5 Å². The van der Waals surface area contributed by atoms with Crippen molar-refractivity contribution in [1.29, 1.82) is 0 Å². The molecule has 0 bridgehead atoms. The summed E-state index contributed by atoms with van der Waals surface area (Å²) >= 11 is 5.80. The van der Waals surface area contributed by atoms with Crippen molar-refractivity contribution in [3.8, 4) is 0 Å². The van der Waals surface area contributed by atoms with Crippen LogP contribution in [0.25, 0.3) is 0 Å². The number of halogens is 2. The number of nitrogens with zero attached hydrogens (tertiary/aromatic N) is 2. The zero-order valence-electron chi connectivity index (χ0n) is 11.2. The number of aromatic nitrogens is 2. The Morgan fingerprint density at radius 2 is 2.21 bits per heavy atom. The lowest BCUT2D eigenvalue weighted by atomic mass is 10.1. The molecule has 0 radical (unpaired) electrons. The Labute approximate surface area is 117 Å². The van der Waals surface area contributed by atoms with E-state index >= 15 is 0 Å². The fourth-order valence-corrected chi connectivity index (χ4v) is 2.20. The lowest BCUT2D eigenvalue weighted by molar-refractivity contribution is 0.627. The summed E-state index contributed by atoms with van der Waals surface area (Å²) in [7, 11) is 1.89. The molecule has 0 spiro atoms. The lowest BCUT2D eigenvalue weighted by Crippen LogP contribution is -2.07. The maximum Gasteiger partial charge on any atom is 0.141 e. The molecule has 3 nitrogen and oxygen atoms in total. The van der Waals surface area contributed by atoms with E-state index < -0.39 is 5.82 Å². The van der Waals surface area contributed by atoms with E-state index in [1.807, 2.05) is 20.2 Å². The van der Waals surface area contributed by atoms with Crippen molar-refractivity contribution >= 4 is 17.3 Å². The van der Waals surface area contributed by atoms with Gasteiger partial charge in [-0.1, -0.05) is 24.6 Å². The van der Waals surface area contributed by atoms with Gasteiger partial charge < -0.3 is 5.32 Å². The first kappa shape index (κ1) is 13.9. The van der Waals surface area contributed by atoms with Crippen molar-refractivity contribution in [1.82, 2.24) is 9.78 Å². The summed E-state index contributed by atoms with van der Waals surface area (Å²) in [5.41, 5.74) is 2.96. The second-order valence-corrected chi connectivity index (χ2v) is 4.96. The van der Waals surface area contributed by atoms with Gasteiger partial charge in [0.1, 0.15) is 5.82 Å². The summed E-state index contributed by atoms with van der Waals surface area (Å²) in [5.74, 6) is -0.395. The van der Waals surface area contributed by atoms with Gasteiger partial charge in [-0.15, -0.1) is 0 Å². The fourth-order valence-electron chi connectivity index (χ4n) is 2.01. The molecular weight excluding hydrogens is 265 g/mol. The standard InChI is InChI=1S/C14H17ClFN3/c1-4-13-14(8-19(3)18-13)17-9(2)10-5-6-12(16)11(15)7-10/h5-9,17H,4H2,1-3H3. The highest BCUT2D eigenvalue weighted by molar-refractivity contribution is 6.30. The van der Waals surface area contributed by atoms with E-state index in [9.17, 15) is 4.39 Å². The van der Waals surface area contributed by atoms with E-state index in [1.165, 1.54) is 6.07 Å². The van der Waals surface area contributed by atoms with Gasteiger partial charge in [-0.3, -0.25) is 4.68 Å². The molecule has 1 atom stereocenters. The summed E-state index contributed by atoms with van der Waals surface area (Å²) in [6.45, 7) is 4.07. The van der Waals surface area contributed by atoms with Crippen LogP contribution in [0.5, 0.6) is 0 Å². The number of aryl methyl sites for hydroxylation is 2. The fraction of sp³-hybridized carbons (Fsp3) is 0.357. The first-order valence-corrected chi connectivity index (χ1v) is 6.63. The van der Waals surface area contributed by atoms with Crippen molar-refractivity contribution in [2.75, 3.05) is 5.32 Å². The third kappa shape index (κ3) is 3.07. The number of anilines is 1. The molecule has 0 fully saturated rings. The average Bonchev–Trinajstić information content (AvgIpc) is 2.72. The summed E-state index contributed by atoms with van der Waals surface area (Å²) in [4.78, 5) is 0. The van der Waals surface area contributed by atoms with Gasteiger partial charge in [0.15, 0.2) is 0 Å². The Balaban J connectivity index is 2.20. The predicted octanol–water partition coefficient (Wildman–Crippen LogP) is 3.95. The minimum Gasteiger partial charge on any atom is -0.376 e. The van der Waals surface area contributed by atoms with Crippen molar-refractivity contribution in [2.45, 2.75) is 26.3 Å². The molecule has 1 aromatic carbocycles. The van der Waals surface area contributed by atoms with Gasteiger partial charge in [-0.2, -0.15) is 5.10 Å². The molecule has 102 valence electrons. The number of hydrogen-bond donors (Lipinski definition) is 1. The zero-order valence-corrected chi connectivity index (χ0v) is 12.0. The van der Waals surface area contributed by atoms with Crippen molar-refractivity contribution in [2.24, 2.45) is 7.05 Å². The van der Waals surface area contributed by atoms with Crippen LogP contribution in [0, 0.1) is 5.82 Å². The number of benzene rings is 1. The zero-order chi connectivity index (χ0) is 14.0. The monoisotopic (exact) mass is 281 g/mol. The average molecular weight is 282 g/mol. The van der Waals surface area contributed by atoms with E-state index in [2.05, 4.69) is 17.3 Å². The van der Waals surface area contributed by atoms with Gasteiger partial charge in [-0.25, -0.2) is 4.39 Å². The third-order valence-corrected chi connectivity index (χ3v) is 3.35. The number of nitrogens with one attached hydrogen (secondary N) is 1. The van der Waals surface area contributed by atoms with Crippen LogP contribution in [0.4, 0.5) is 10.1 Å². The van der Waals surface area contributed by atoms with E-state index in [1.54, 1.807) is 16.8 Å². The Kier molecular flexibility index (Phi) is 4.10. The van der Waals surface area contributed by atoms with Crippen molar-refractivity contribution in [3.63, 3.8) is 0 Å². The molecule has 2 rings (SSSR count). The predicted molar refractivity (Wildman–Crippen MR) is 76.0 cm³/mol. The van der Waals surface area contributed by atoms with Gasteiger partial charge in [0.25, 0.3) is 0 Å². The van der Waals surface area contributed by atoms with Crippen LogP contribution in [-0.2, 0) is 13.5 Å². The highest BCUT2D eigenvalue weighted by Crippen LogP contribution is 2.25. The van der Waals surface area contributed by atoms with Gasteiger partial charge >= 0.3 is 0 Å². The van der Waals surface area contributed by atoms with Gasteiger partial charge in [0, 0.05) is 19.3 Å². The quantitative estimate of drug-likeness (QED) is 0.920. The molecule has 19 heavy (non-hydrogen) atoms. The Bertz CT molecular complexity index is 580. The summed E-state index contributed by atoms with van der Waals surface area (Å²) in [5, 5.41) is 7.90. The van der Waals surface area contributed by atoms with Crippen LogP contribution >= 0.6 is 11.6 Å². The summed E-state index contributed by atoms with van der Waals surface area (Å²) in [6.07, 6.45) is 2.81. The van der Waals surface area contributed by atoms with Crippen LogP contribution in [0.15, 0.2) is 24.4 Å². The maximum atomic E-state index is 13.1. The molecule has 0 saturated heterocycles. The second-order valence-electron chi connectivity index (χ2n) is 4.56. The third-order valence-electron chi connectivity index (χ3n) is 3.06. The SMILES string of the molecule is CCc1nn(C)cc1NC(C)c1ccc(F)c(Cl)c1. The first-order chi connectivity index (χ1) is 9.01. The van der Waals surface area contributed by atoms with Gasteiger partial charge in [0.2, 0.25) is 0 Å². The van der Waals surface area contributed by atoms with E-state index in [0.717, 1.165) is 23.4 Å². The van der Waals surface area contributed by atoms with E-state index in [0.29, 0.717) is 0 Å². The van der Waals surface area contributed by atoms with Crippen LogP contribution in [0.3, 0.4) is 0 Å². The van der Waals surface area contributed by atoms with Gasteiger partial charge in [0.05, 0.1) is 16.4 Å². The molecule has 0 aliphatic carbocycles. The molecule has 0 saturated carbocycles. The van der Waals surface area contributed by atoms with Crippen LogP contribution in [0.1, 0.15) is 31.1 Å². The topological polar surface area (TPSA) is 29.9 Å². The van der Waals surface area contributed by atoms with Gasteiger partial charge in [-0.05, 0) is 31.0 Å². The molecule has 1 N–H and O–H groups in total. The first-order valence-electron chi connectivity index (χ1n) is 6.25. The molecule has 1 heterocycles. The van der Waals surface area contributed by atoms with Crippen molar-refractivity contribution < 1.29 is 4.39 Å². The molecule has 0 aliphatic rings. The van der Waals surface area contributed by atoms with Crippen LogP contribution in [0.2, 0.25) is 5.02 Å². The highest BCUT2D eigenvalue weighted by atomic mass is 35.5. The molecule has 5 heteroatoms. The number of hydrogen-bond acceptors (Lipinski definition) is 2. The Morgan fingerprint density at radius 1 is 1.47 bits per heavy atom. The lowest BCUT2D eigenvalue weighted by Gasteiger charge is -2.15. The molecule has 0 amide bonds. The summed E-state index contributed by atoms with van der Waals surface area (Å²) < 4.78 is 14.9. The molecule has 2 aromatic rings. The largest absolute Gasteiger partial charge is 0.376 e. The minimum atomic E-state index is -0.395. The van der Waals surface area contributed by atoms with E-state index in [4.69, 9.17) is 11.6 Å². The normalized spacial score (nSPS) is 12.5. The Hall–Kier alpha value is -1.55. The maximum absolute atomic E-state index is 13.1. The minimum absolute atomic E-state index is 0.0348. The smallest absolute Gasteiger partial charge is 0.141 e. The van der Waals surface area contributed by atoms with E-state index in [-0.39, 0.29) is 11.1 Å². The molecule has 1 aromatic heterocycles. The highest BCUT2D eigenvalue weighted by Gasteiger charge is 2.12. The van der Waals surface area contributed by atoms with Crippen LogP contribution in [-0.4, -0.2) is 9.78 Å².